The fraction of sp³-hybridized carbons (Fsp3) is 0.417. The minimum absolute atomic E-state index is 0.353. The van der Waals surface area contributed by atoms with Crippen LogP contribution in [0, 0.1) is 0 Å². The zero-order valence-corrected chi connectivity index (χ0v) is 12.0. The van der Waals surface area contributed by atoms with Gasteiger partial charge in [-0.2, -0.15) is 0 Å². The molecule has 1 aromatic rings. The van der Waals surface area contributed by atoms with Gasteiger partial charge in [0.15, 0.2) is 9.84 Å². The van der Waals surface area contributed by atoms with Crippen molar-refractivity contribution in [3.05, 3.63) is 18.2 Å². The molecule has 3 N–H and O–H groups in total. The molecule has 1 rings (SSSR count). The predicted molar refractivity (Wildman–Crippen MR) is 75.0 cm³/mol. The Bertz CT molecular complexity index is 567. The van der Waals surface area contributed by atoms with Crippen LogP contribution in [0.1, 0.15) is 13.8 Å². The van der Waals surface area contributed by atoms with Crippen LogP contribution < -0.4 is 15.8 Å². The molecule has 0 spiro atoms. The van der Waals surface area contributed by atoms with E-state index in [0.717, 1.165) is 0 Å². The largest absolute Gasteiger partial charge is 0.495 e. The summed E-state index contributed by atoms with van der Waals surface area (Å²) in [6.45, 7) is 3.06. The first kappa shape index (κ1) is 15.3. The van der Waals surface area contributed by atoms with Gasteiger partial charge in [-0.25, -0.2) is 8.42 Å². The first-order valence-electron chi connectivity index (χ1n) is 5.71. The summed E-state index contributed by atoms with van der Waals surface area (Å²) in [7, 11) is -1.98. The van der Waals surface area contributed by atoms with Gasteiger partial charge in [0.05, 0.1) is 18.0 Å². The zero-order chi connectivity index (χ0) is 14.6. The molecule has 7 heteroatoms. The fourth-order valence-corrected chi connectivity index (χ4v) is 2.13. The monoisotopic (exact) mass is 286 g/mol. The van der Waals surface area contributed by atoms with Crippen LogP contribution in [-0.2, 0) is 14.6 Å². The lowest BCUT2D eigenvalue weighted by molar-refractivity contribution is -0.113. The van der Waals surface area contributed by atoms with Crippen molar-refractivity contribution in [2.24, 2.45) is 0 Å². The number of nitrogen functional groups attached to an aromatic ring is 1. The Balaban J connectivity index is 2.86. The quantitative estimate of drug-likeness (QED) is 0.788. The highest BCUT2D eigenvalue weighted by Gasteiger charge is 2.21. The molecule has 0 aliphatic heterocycles. The number of carbonyl (C=O) groups is 1. The van der Waals surface area contributed by atoms with Gasteiger partial charge in [0.1, 0.15) is 11.5 Å². The smallest absolute Gasteiger partial charge is 0.239 e. The molecule has 106 valence electrons. The number of amides is 1. The molecule has 0 aliphatic carbocycles. The minimum Gasteiger partial charge on any atom is -0.495 e. The number of ether oxygens (including phenoxy) is 1. The van der Waals surface area contributed by atoms with E-state index in [4.69, 9.17) is 10.5 Å². The number of rotatable bonds is 5. The molecule has 0 fully saturated rings. The molecule has 0 atom stereocenters. The minimum atomic E-state index is -3.43. The van der Waals surface area contributed by atoms with Gasteiger partial charge in [0, 0.05) is 5.69 Å². The molecule has 1 aromatic carbocycles. The van der Waals surface area contributed by atoms with Gasteiger partial charge in [-0.3, -0.25) is 4.79 Å². The number of nitrogens with one attached hydrogen (secondary N) is 1. The number of benzene rings is 1. The highest BCUT2D eigenvalue weighted by Crippen LogP contribution is 2.26. The molecule has 0 bridgehead atoms. The Morgan fingerprint density at radius 3 is 2.58 bits per heavy atom. The van der Waals surface area contributed by atoms with Gasteiger partial charge in [-0.05, 0) is 32.0 Å². The summed E-state index contributed by atoms with van der Waals surface area (Å²) in [6.07, 6.45) is 0. The maximum atomic E-state index is 11.7. The highest BCUT2D eigenvalue weighted by molar-refractivity contribution is 7.92. The Labute approximate surface area is 112 Å². The van der Waals surface area contributed by atoms with Crippen molar-refractivity contribution in [3.63, 3.8) is 0 Å². The number of sulfone groups is 1. The third-order valence-corrected chi connectivity index (χ3v) is 4.65. The normalized spacial score (nSPS) is 11.4. The second-order valence-corrected chi connectivity index (χ2v) is 6.92. The molecular formula is C12H18N2O4S. The summed E-state index contributed by atoms with van der Waals surface area (Å²) in [4.78, 5) is 11.7. The molecular weight excluding hydrogens is 268 g/mol. The van der Waals surface area contributed by atoms with Gasteiger partial charge in [-0.15, -0.1) is 0 Å². The van der Waals surface area contributed by atoms with E-state index in [9.17, 15) is 13.2 Å². The van der Waals surface area contributed by atoms with E-state index >= 15 is 0 Å². The van der Waals surface area contributed by atoms with Crippen LogP contribution in [0.25, 0.3) is 0 Å². The Morgan fingerprint density at radius 1 is 1.42 bits per heavy atom. The van der Waals surface area contributed by atoms with Gasteiger partial charge in [0.2, 0.25) is 5.91 Å². The molecule has 0 saturated heterocycles. The number of nitrogens with two attached hydrogens (primary N) is 1. The molecule has 0 radical (unpaired) electrons. The van der Waals surface area contributed by atoms with Crippen molar-refractivity contribution < 1.29 is 17.9 Å². The first-order valence-corrected chi connectivity index (χ1v) is 7.42. The van der Waals surface area contributed by atoms with E-state index in [-0.39, 0.29) is 0 Å². The fourth-order valence-electron chi connectivity index (χ4n) is 1.36. The molecule has 6 nitrogen and oxygen atoms in total. The lowest BCUT2D eigenvalue weighted by Crippen LogP contribution is -2.28. The molecule has 0 saturated carbocycles. The lowest BCUT2D eigenvalue weighted by Gasteiger charge is -2.12. The Morgan fingerprint density at radius 2 is 2.05 bits per heavy atom. The number of hydrogen-bond donors (Lipinski definition) is 2. The zero-order valence-electron chi connectivity index (χ0n) is 11.1. The Kier molecular flexibility index (Phi) is 4.77. The van der Waals surface area contributed by atoms with E-state index < -0.39 is 26.7 Å². The molecule has 1 amide bonds. The van der Waals surface area contributed by atoms with Crippen molar-refractivity contribution in [1.29, 1.82) is 0 Å². The van der Waals surface area contributed by atoms with Gasteiger partial charge in [-0.1, -0.05) is 0 Å². The van der Waals surface area contributed by atoms with Crippen LogP contribution in [0.3, 0.4) is 0 Å². The summed E-state index contributed by atoms with van der Waals surface area (Å²) < 4.78 is 28.3. The highest BCUT2D eigenvalue weighted by atomic mass is 32.2. The number of anilines is 2. The third-order valence-electron chi connectivity index (χ3n) is 2.55. The van der Waals surface area contributed by atoms with Crippen molar-refractivity contribution in [1.82, 2.24) is 0 Å². The predicted octanol–water partition coefficient (Wildman–Crippen LogP) is 1.04. The average molecular weight is 286 g/mol. The maximum Gasteiger partial charge on any atom is 0.239 e. The summed E-state index contributed by atoms with van der Waals surface area (Å²) in [6, 6.07) is 4.74. The summed E-state index contributed by atoms with van der Waals surface area (Å²) in [5, 5.41) is 1.89. The van der Waals surface area contributed by atoms with E-state index in [2.05, 4.69) is 5.32 Å². The summed E-state index contributed by atoms with van der Waals surface area (Å²) in [5.74, 6) is -0.759. The maximum absolute atomic E-state index is 11.7. The van der Waals surface area contributed by atoms with Crippen LogP contribution in [0.4, 0.5) is 11.4 Å². The third kappa shape index (κ3) is 4.13. The van der Waals surface area contributed by atoms with Crippen molar-refractivity contribution >= 4 is 27.1 Å². The van der Waals surface area contributed by atoms with Crippen molar-refractivity contribution in [3.8, 4) is 5.75 Å². The van der Waals surface area contributed by atoms with Crippen LogP contribution in [0.2, 0.25) is 0 Å². The van der Waals surface area contributed by atoms with Crippen molar-refractivity contribution in [2.45, 2.75) is 19.1 Å². The number of hydrogen-bond acceptors (Lipinski definition) is 5. The average Bonchev–Trinajstić information content (AvgIpc) is 2.28. The summed E-state index contributed by atoms with van der Waals surface area (Å²) in [5.41, 5.74) is 6.41. The van der Waals surface area contributed by atoms with Crippen LogP contribution in [0.15, 0.2) is 18.2 Å². The first-order chi connectivity index (χ1) is 8.76. The number of carbonyl (C=O) groups excluding carboxylic acids is 1. The molecule has 0 heterocycles. The molecule has 0 unspecified atom stereocenters. The van der Waals surface area contributed by atoms with E-state index in [1.54, 1.807) is 12.1 Å². The lowest BCUT2D eigenvalue weighted by atomic mass is 10.2. The standard InChI is InChI=1S/C12H18N2O4S/c1-8(2)19(16,17)7-12(15)14-10-6-9(13)4-5-11(10)18-3/h4-6,8H,7,13H2,1-3H3,(H,14,15). The van der Waals surface area contributed by atoms with Gasteiger partial charge >= 0.3 is 0 Å². The Hall–Kier alpha value is -1.76. The SMILES string of the molecule is COc1ccc(N)cc1NC(=O)CS(=O)(=O)C(C)C. The molecule has 0 aromatic heterocycles. The van der Waals surface area contributed by atoms with Crippen molar-refractivity contribution in [2.75, 3.05) is 23.9 Å². The second-order valence-electron chi connectivity index (χ2n) is 4.36. The van der Waals surface area contributed by atoms with Crippen LogP contribution in [-0.4, -0.2) is 32.4 Å². The molecule has 19 heavy (non-hydrogen) atoms. The van der Waals surface area contributed by atoms with E-state index in [0.29, 0.717) is 17.1 Å². The van der Waals surface area contributed by atoms with Crippen LogP contribution in [0.5, 0.6) is 5.75 Å². The van der Waals surface area contributed by atoms with Gasteiger partial charge in [0.25, 0.3) is 0 Å². The van der Waals surface area contributed by atoms with Crippen LogP contribution >= 0.6 is 0 Å². The van der Waals surface area contributed by atoms with Gasteiger partial charge < -0.3 is 15.8 Å². The second kappa shape index (κ2) is 5.92. The number of methoxy groups -OCH3 is 1. The molecule has 0 aliphatic rings. The topological polar surface area (TPSA) is 98.5 Å². The summed E-state index contributed by atoms with van der Waals surface area (Å²) >= 11 is 0. The van der Waals surface area contributed by atoms with E-state index in [1.807, 2.05) is 0 Å². The van der Waals surface area contributed by atoms with E-state index in [1.165, 1.54) is 27.0 Å².